The highest BCUT2D eigenvalue weighted by Crippen LogP contribution is 2.21. The van der Waals surface area contributed by atoms with Crippen LogP contribution in [0.2, 0.25) is 0 Å². The van der Waals surface area contributed by atoms with Crippen molar-refractivity contribution in [2.24, 2.45) is 0 Å². The van der Waals surface area contributed by atoms with E-state index in [-0.39, 0.29) is 5.97 Å². The van der Waals surface area contributed by atoms with Crippen molar-refractivity contribution in [1.29, 1.82) is 0 Å². The van der Waals surface area contributed by atoms with E-state index in [1.807, 2.05) is 24.3 Å². The third kappa shape index (κ3) is 3.78. The van der Waals surface area contributed by atoms with Gasteiger partial charge in [-0.05, 0) is 40.3 Å². The topological polar surface area (TPSA) is 83.0 Å². The first kappa shape index (κ1) is 15.3. The van der Waals surface area contributed by atoms with E-state index in [1.54, 1.807) is 23.1 Å². The van der Waals surface area contributed by atoms with Crippen LogP contribution in [-0.4, -0.2) is 33.3 Å². The Hall–Kier alpha value is -2.61. The minimum Gasteiger partial charge on any atom is -0.467 e. The number of aromatic nitrogens is 4. The molecular weight excluding hydrogens is 316 g/mol. The number of benzene rings is 1. The quantitative estimate of drug-likeness (QED) is 0.507. The molecule has 23 heavy (non-hydrogen) atoms. The SMILES string of the molecule is COC(=O)c1cccc(CSc2nnnn2Cc2ccco2)c1. The minimum atomic E-state index is -0.348. The summed E-state index contributed by atoms with van der Waals surface area (Å²) in [6.45, 7) is 0.477. The standard InChI is InChI=1S/C15H14N4O3S/c1-21-14(20)12-5-2-4-11(8-12)10-23-15-16-17-18-19(15)9-13-6-3-7-22-13/h2-8H,9-10H2,1H3. The van der Waals surface area contributed by atoms with Gasteiger partial charge in [0.15, 0.2) is 0 Å². The predicted octanol–water partition coefficient (Wildman–Crippen LogP) is 2.39. The third-order valence-corrected chi connectivity index (χ3v) is 4.13. The van der Waals surface area contributed by atoms with Crippen LogP contribution in [0.3, 0.4) is 0 Å². The van der Waals surface area contributed by atoms with E-state index in [0.717, 1.165) is 11.3 Å². The molecule has 0 spiro atoms. The Bertz CT molecular complexity index is 786. The van der Waals surface area contributed by atoms with Crippen LogP contribution in [0.4, 0.5) is 0 Å². The molecule has 0 unspecified atom stereocenters. The Balaban J connectivity index is 1.67. The molecule has 118 valence electrons. The van der Waals surface area contributed by atoms with Gasteiger partial charge in [0.1, 0.15) is 12.3 Å². The van der Waals surface area contributed by atoms with Crippen molar-refractivity contribution in [2.45, 2.75) is 17.5 Å². The number of carbonyl (C=O) groups excluding carboxylic acids is 1. The van der Waals surface area contributed by atoms with Gasteiger partial charge in [-0.25, -0.2) is 9.48 Å². The molecule has 7 nitrogen and oxygen atoms in total. The molecule has 0 fully saturated rings. The van der Waals surface area contributed by atoms with Gasteiger partial charge in [0.25, 0.3) is 0 Å². The lowest BCUT2D eigenvalue weighted by molar-refractivity contribution is 0.0600. The highest BCUT2D eigenvalue weighted by atomic mass is 32.2. The summed E-state index contributed by atoms with van der Waals surface area (Å²) in [6.07, 6.45) is 1.62. The van der Waals surface area contributed by atoms with Crippen LogP contribution in [0, 0.1) is 0 Å². The average Bonchev–Trinajstić information content (AvgIpc) is 3.25. The number of nitrogens with zero attached hydrogens (tertiary/aromatic N) is 4. The lowest BCUT2D eigenvalue weighted by atomic mass is 10.1. The lowest BCUT2D eigenvalue weighted by Crippen LogP contribution is -2.03. The van der Waals surface area contributed by atoms with Gasteiger partial charge in [-0.1, -0.05) is 23.9 Å². The molecule has 0 radical (unpaired) electrons. The molecule has 0 saturated carbocycles. The lowest BCUT2D eigenvalue weighted by Gasteiger charge is -2.04. The molecule has 0 aliphatic heterocycles. The van der Waals surface area contributed by atoms with E-state index >= 15 is 0 Å². The van der Waals surface area contributed by atoms with E-state index in [4.69, 9.17) is 9.15 Å². The van der Waals surface area contributed by atoms with Crippen LogP contribution < -0.4 is 0 Å². The first-order valence-electron chi connectivity index (χ1n) is 6.85. The molecule has 3 rings (SSSR count). The van der Waals surface area contributed by atoms with Crippen LogP contribution in [0.15, 0.2) is 52.2 Å². The Morgan fingerprint density at radius 2 is 2.26 bits per heavy atom. The predicted molar refractivity (Wildman–Crippen MR) is 83.0 cm³/mol. The molecule has 0 amide bonds. The van der Waals surface area contributed by atoms with Crippen molar-refractivity contribution in [3.8, 4) is 0 Å². The largest absolute Gasteiger partial charge is 0.467 e. The number of hydrogen-bond acceptors (Lipinski definition) is 7. The molecule has 0 aliphatic rings. The summed E-state index contributed by atoms with van der Waals surface area (Å²) in [5.41, 5.74) is 1.52. The number of ether oxygens (including phenoxy) is 1. The van der Waals surface area contributed by atoms with E-state index < -0.39 is 0 Å². The van der Waals surface area contributed by atoms with Crippen LogP contribution in [0.5, 0.6) is 0 Å². The highest BCUT2D eigenvalue weighted by Gasteiger charge is 2.10. The maximum atomic E-state index is 11.6. The normalized spacial score (nSPS) is 10.7. The maximum absolute atomic E-state index is 11.6. The van der Waals surface area contributed by atoms with Crippen LogP contribution in [-0.2, 0) is 17.0 Å². The Labute approximate surface area is 136 Å². The fourth-order valence-corrected chi connectivity index (χ4v) is 2.82. The van der Waals surface area contributed by atoms with Gasteiger partial charge in [-0.3, -0.25) is 0 Å². The molecule has 1 aromatic carbocycles. The van der Waals surface area contributed by atoms with E-state index in [2.05, 4.69) is 15.5 Å². The van der Waals surface area contributed by atoms with Gasteiger partial charge in [0.2, 0.25) is 5.16 Å². The van der Waals surface area contributed by atoms with Crippen molar-refractivity contribution in [3.63, 3.8) is 0 Å². The van der Waals surface area contributed by atoms with Gasteiger partial charge in [0, 0.05) is 5.75 Å². The molecule has 8 heteroatoms. The molecule has 0 atom stereocenters. The van der Waals surface area contributed by atoms with Gasteiger partial charge in [-0.2, -0.15) is 0 Å². The van der Waals surface area contributed by atoms with Crippen LogP contribution in [0.25, 0.3) is 0 Å². The number of carbonyl (C=O) groups is 1. The molecule has 0 bridgehead atoms. The van der Waals surface area contributed by atoms with Crippen LogP contribution >= 0.6 is 11.8 Å². The zero-order valence-electron chi connectivity index (χ0n) is 12.4. The van der Waals surface area contributed by atoms with Crippen molar-refractivity contribution >= 4 is 17.7 Å². The Morgan fingerprint density at radius 3 is 3.04 bits per heavy atom. The summed E-state index contributed by atoms with van der Waals surface area (Å²) in [5, 5.41) is 12.4. The second kappa shape index (κ2) is 7.10. The summed E-state index contributed by atoms with van der Waals surface area (Å²) in [7, 11) is 1.37. The fraction of sp³-hybridized carbons (Fsp3) is 0.200. The number of tetrazole rings is 1. The van der Waals surface area contributed by atoms with Crippen molar-refractivity contribution in [3.05, 3.63) is 59.5 Å². The van der Waals surface area contributed by atoms with Gasteiger partial charge in [0.05, 0.1) is 18.9 Å². The van der Waals surface area contributed by atoms with E-state index in [0.29, 0.717) is 23.0 Å². The minimum absolute atomic E-state index is 0.348. The Morgan fingerprint density at radius 1 is 1.35 bits per heavy atom. The first-order valence-corrected chi connectivity index (χ1v) is 7.83. The monoisotopic (exact) mass is 330 g/mol. The number of thioether (sulfide) groups is 1. The van der Waals surface area contributed by atoms with Gasteiger partial charge >= 0.3 is 5.97 Å². The molecule has 2 heterocycles. The van der Waals surface area contributed by atoms with Crippen molar-refractivity contribution in [1.82, 2.24) is 20.2 Å². The second-order valence-electron chi connectivity index (χ2n) is 4.68. The third-order valence-electron chi connectivity index (χ3n) is 3.10. The molecule has 2 aromatic heterocycles. The molecule has 0 aliphatic carbocycles. The van der Waals surface area contributed by atoms with E-state index in [9.17, 15) is 4.79 Å². The van der Waals surface area contributed by atoms with Crippen molar-refractivity contribution in [2.75, 3.05) is 7.11 Å². The molecule has 3 aromatic rings. The maximum Gasteiger partial charge on any atom is 0.337 e. The summed E-state index contributed by atoms with van der Waals surface area (Å²) in [4.78, 5) is 11.6. The summed E-state index contributed by atoms with van der Waals surface area (Å²) in [5.74, 6) is 1.08. The number of hydrogen-bond donors (Lipinski definition) is 0. The first-order chi connectivity index (χ1) is 11.3. The molecular formula is C15H14N4O3S. The van der Waals surface area contributed by atoms with Gasteiger partial charge < -0.3 is 9.15 Å². The number of methoxy groups -OCH3 is 1. The van der Waals surface area contributed by atoms with Gasteiger partial charge in [-0.15, -0.1) is 5.10 Å². The summed E-state index contributed by atoms with van der Waals surface area (Å²) >= 11 is 1.49. The second-order valence-corrected chi connectivity index (χ2v) is 5.62. The smallest absolute Gasteiger partial charge is 0.337 e. The fourth-order valence-electron chi connectivity index (χ4n) is 2.00. The average molecular weight is 330 g/mol. The zero-order valence-corrected chi connectivity index (χ0v) is 13.2. The summed E-state index contributed by atoms with van der Waals surface area (Å²) < 4.78 is 11.7. The Kier molecular flexibility index (Phi) is 4.72. The molecule has 0 saturated heterocycles. The van der Waals surface area contributed by atoms with E-state index in [1.165, 1.54) is 18.9 Å². The summed E-state index contributed by atoms with van der Waals surface area (Å²) in [6, 6.07) is 11.0. The number of rotatable bonds is 6. The number of furan rings is 1. The number of esters is 1. The van der Waals surface area contributed by atoms with Crippen LogP contribution in [0.1, 0.15) is 21.7 Å². The van der Waals surface area contributed by atoms with Crippen molar-refractivity contribution < 1.29 is 13.9 Å². The molecule has 0 N–H and O–H groups in total. The highest BCUT2D eigenvalue weighted by molar-refractivity contribution is 7.98. The zero-order chi connectivity index (χ0) is 16.1.